The van der Waals surface area contributed by atoms with E-state index < -0.39 is 12.1 Å². The van der Waals surface area contributed by atoms with Gasteiger partial charge in [0.05, 0.1) is 28.3 Å². The van der Waals surface area contributed by atoms with Crippen LogP contribution in [0.15, 0.2) is 33.0 Å². The molecule has 0 amide bonds. The van der Waals surface area contributed by atoms with E-state index in [0.717, 1.165) is 42.7 Å². The predicted octanol–water partition coefficient (Wildman–Crippen LogP) is 5.68. The third-order valence-corrected chi connectivity index (χ3v) is 5.85. The first kappa shape index (κ1) is 23.0. The van der Waals surface area contributed by atoms with Gasteiger partial charge in [0.2, 0.25) is 5.43 Å². The van der Waals surface area contributed by atoms with E-state index in [1.165, 1.54) is 17.6 Å². The number of nitrogens with zero attached hydrogens (tertiary/aromatic N) is 1. The van der Waals surface area contributed by atoms with Crippen molar-refractivity contribution in [1.82, 2.24) is 4.98 Å². The van der Waals surface area contributed by atoms with Gasteiger partial charge in [-0.2, -0.15) is 0 Å². The van der Waals surface area contributed by atoms with Crippen molar-refractivity contribution in [2.75, 3.05) is 6.61 Å². The van der Waals surface area contributed by atoms with Gasteiger partial charge in [0, 0.05) is 11.4 Å². The number of esters is 1. The summed E-state index contributed by atoms with van der Waals surface area (Å²) in [6.07, 6.45) is 5.79. The van der Waals surface area contributed by atoms with Crippen LogP contribution in [0.1, 0.15) is 57.0 Å². The van der Waals surface area contributed by atoms with Gasteiger partial charge >= 0.3 is 5.97 Å². The van der Waals surface area contributed by atoms with E-state index >= 15 is 0 Å². The first-order chi connectivity index (χ1) is 14.9. The van der Waals surface area contributed by atoms with Gasteiger partial charge in [-0.05, 0) is 45.2 Å². The molecule has 0 radical (unpaired) electrons. The summed E-state index contributed by atoms with van der Waals surface area (Å²) in [5.41, 5.74) is 2.26. The van der Waals surface area contributed by atoms with Crippen LogP contribution in [0.3, 0.4) is 0 Å². The Balaban J connectivity index is 2.00. The molecule has 0 spiro atoms. The second-order valence-electron chi connectivity index (χ2n) is 7.51. The zero-order valence-corrected chi connectivity index (χ0v) is 19.3. The molecule has 1 atom stereocenters. The molecule has 0 saturated heterocycles. The molecule has 7 heteroatoms. The van der Waals surface area contributed by atoms with Gasteiger partial charge in [-0.1, -0.05) is 26.2 Å². The van der Waals surface area contributed by atoms with Gasteiger partial charge < -0.3 is 13.9 Å². The third-order valence-electron chi connectivity index (χ3n) is 5.07. The van der Waals surface area contributed by atoms with Crippen LogP contribution in [0.5, 0.6) is 5.75 Å². The van der Waals surface area contributed by atoms with Crippen molar-refractivity contribution < 1.29 is 18.7 Å². The van der Waals surface area contributed by atoms with E-state index in [4.69, 9.17) is 13.9 Å². The zero-order chi connectivity index (χ0) is 22.4. The van der Waals surface area contributed by atoms with E-state index in [1.807, 2.05) is 18.4 Å². The molecule has 2 aromatic heterocycles. The Kier molecular flexibility index (Phi) is 7.85. The summed E-state index contributed by atoms with van der Waals surface area (Å²) in [6.45, 7) is 7.78. The Morgan fingerprint density at radius 3 is 2.71 bits per heavy atom. The van der Waals surface area contributed by atoms with E-state index in [9.17, 15) is 9.59 Å². The summed E-state index contributed by atoms with van der Waals surface area (Å²) < 4.78 is 16.8. The van der Waals surface area contributed by atoms with E-state index in [1.54, 1.807) is 19.9 Å². The van der Waals surface area contributed by atoms with Crippen LogP contribution in [0.25, 0.3) is 22.2 Å². The molecule has 166 valence electrons. The molecule has 0 aliphatic heterocycles. The SMILES string of the molecule is CCCCCCc1cc2c(=O)c(-c3csc(C)n3)coc2cc1OC(C)C(=O)OCC. The van der Waals surface area contributed by atoms with Crippen molar-refractivity contribution in [3.05, 3.63) is 44.6 Å². The molecular formula is C24H29NO5S. The Bertz CT molecular complexity index is 1100. The lowest BCUT2D eigenvalue weighted by Crippen LogP contribution is -2.26. The van der Waals surface area contributed by atoms with Crippen molar-refractivity contribution in [3.63, 3.8) is 0 Å². The van der Waals surface area contributed by atoms with Gasteiger partial charge in [-0.15, -0.1) is 11.3 Å². The van der Waals surface area contributed by atoms with Crippen molar-refractivity contribution in [3.8, 4) is 17.0 Å². The number of carbonyl (C=O) groups excluding carboxylic acids is 1. The third kappa shape index (κ3) is 5.53. The fraction of sp³-hybridized carbons (Fsp3) is 0.458. The number of hydrogen-bond donors (Lipinski definition) is 0. The summed E-state index contributed by atoms with van der Waals surface area (Å²) in [6, 6.07) is 3.54. The topological polar surface area (TPSA) is 78.6 Å². The van der Waals surface area contributed by atoms with Gasteiger partial charge in [-0.25, -0.2) is 9.78 Å². The standard InChI is InChI=1S/C24H29NO5S/c1-5-7-8-9-10-17-11-18-22(12-21(17)30-15(3)24(27)28-6-2)29-13-19(23(18)26)20-14-31-16(4)25-20/h11-15H,5-10H2,1-4H3. The average molecular weight is 444 g/mol. The second-order valence-corrected chi connectivity index (χ2v) is 8.57. The summed E-state index contributed by atoms with van der Waals surface area (Å²) in [5.74, 6) is 0.125. The lowest BCUT2D eigenvalue weighted by molar-refractivity contribution is -0.150. The van der Waals surface area contributed by atoms with Crippen LogP contribution in [-0.4, -0.2) is 23.7 Å². The number of fused-ring (bicyclic) bond motifs is 1. The van der Waals surface area contributed by atoms with Crippen LogP contribution < -0.4 is 10.2 Å². The minimum Gasteiger partial charge on any atom is -0.479 e. The van der Waals surface area contributed by atoms with Crippen molar-refractivity contribution in [2.24, 2.45) is 0 Å². The largest absolute Gasteiger partial charge is 0.479 e. The maximum absolute atomic E-state index is 13.2. The number of hydrogen-bond acceptors (Lipinski definition) is 7. The normalized spacial score (nSPS) is 12.1. The quantitative estimate of drug-likeness (QED) is 0.296. The van der Waals surface area contributed by atoms with Crippen LogP contribution in [-0.2, 0) is 16.0 Å². The summed E-state index contributed by atoms with van der Waals surface area (Å²) in [4.78, 5) is 29.7. The number of carbonyl (C=O) groups is 1. The lowest BCUT2D eigenvalue weighted by atomic mass is 10.0. The van der Waals surface area contributed by atoms with Crippen LogP contribution in [0.4, 0.5) is 0 Å². The highest BCUT2D eigenvalue weighted by Crippen LogP contribution is 2.29. The minimum absolute atomic E-state index is 0.119. The first-order valence-corrected chi connectivity index (χ1v) is 11.7. The molecular weight excluding hydrogens is 414 g/mol. The summed E-state index contributed by atoms with van der Waals surface area (Å²) in [7, 11) is 0. The molecule has 1 unspecified atom stereocenters. The van der Waals surface area contributed by atoms with Crippen LogP contribution >= 0.6 is 11.3 Å². The number of aromatic nitrogens is 1. The summed E-state index contributed by atoms with van der Waals surface area (Å²) >= 11 is 1.49. The molecule has 31 heavy (non-hydrogen) atoms. The molecule has 0 fully saturated rings. The zero-order valence-electron chi connectivity index (χ0n) is 18.5. The monoisotopic (exact) mass is 443 g/mol. The van der Waals surface area contributed by atoms with Crippen LogP contribution in [0, 0.1) is 6.92 Å². The highest BCUT2D eigenvalue weighted by atomic mass is 32.1. The Morgan fingerprint density at radius 2 is 2.03 bits per heavy atom. The maximum atomic E-state index is 13.2. The van der Waals surface area contributed by atoms with E-state index in [0.29, 0.717) is 34.6 Å². The molecule has 0 saturated carbocycles. The highest BCUT2D eigenvalue weighted by Gasteiger charge is 2.20. The Morgan fingerprint density at radius 1 is 1.23 bits per heavy atom. The number of unbranched alkanes of at least 4 members (excludes halogenated alkanes) is 3. The Labute approximate surface area is 186 Å². The van der Waals surface area contributed by atoms with Crippen LogP contribution in [0.2, 0.25) is 0 Å². The van der Waals surface area contributed by atoms with Gasteiger partial charge in [-0.3, -0.25) is 4.79 Å². The molecule has 1 aromatic carbocycles. The minimum atomic E-state index is -0.754. The molecule has 0 aliphatic carbocycles. The molecule has 3 rings (SSSR count). The fourth-order valence-electron chi connectivity index (χ4n) is 3.41. The van der Waals surface area contributed by atoms with Crippen molar-refractivity contribution in [2.45, 2.75) is 65.9 Å². The summed E-state index contributed by atoms with van der Waals surface area (Å²) in [5, 5.41) is 3.24. The molecule has 6 nitrogen and oxygen atoms in total. The van der Waals surface area contributed by atoms with Crippen molar-refractivity contribution >= 4 is 28.3 Å². The fourth-order valence-corrected chi connectivity index (χ4v) is 4.02. The van der Waals surface area contributed by atoms with Gasteiger partial charge in [0.1, 0.15) is 17.6 Å². The average Bonchev–Trinajstić information content (AvgIpc) is 3.18. The number of ether oxygens (including phenoxy) is 2. The first-order valence-electron chi connectivity index (χ1n) is 10.8. The van der Waals surface area contributed by atoms with E-state index in [-0.39, 0.29) is 5.43 Å². The molecule has 0 N–H and O–H groups in total. The smallest absolute Gasteiger partial charge is 0.347 e. The van der Waals surface area contributed by atoms with Gasteiger partial charge in [0.15, 0.2) is 6.10 Å². The highest BCUT2D eigenvalue weighted by molar-refractivity contribution is 7.09. The van der Waals surface area contributed by atoms with E-state index in [2.05, 4.69) is 11.9 Å². The van der Waals surface area contributed by atoms with Crippen molar-refractivity contribution in [1.29, 1.82) is 0 Å². The predicted molar refractivity (Wildman–Crippen MR) is 123 cm³/mol. The second kappa shape index (κ2) is 10.6. The molecule has 0 bridgehead atoms. The number of thiazole rings is 1. The van der Waals surface area contributed by atoms with Gasteiger partial charge in [0.25, 0.3) is 0 Å². The molecule has 2 heterocycles. The maximum Gasteiger partial charge on any atom is 0.347 e. The molecule has 3 aromatic rings. The number of aryl methyl sites for hydroxylation is 2. The Hall–Kier alpha value is -2.67. The molecule has 0 aliphatic rings. The number of benzene rings is 1. The number of rotatable bonds is 10. The lowest BCUT2D eigenvalue weighted by Gasteiger charge is -2.17.